The number of hydrogen-bond donors (Lipinski definition) is 1. The second kappa shape index (κ2) is 8.70. The Hall–Kier alpha value is -2.84. The van der Waals surface area contributed by atoms with Crippen molar-refractivity contribution in [1.29, 1.82) is 0 Å². The number of aromatic nitrogens is 3. The Morgan fingerprint density at radius 1 is 1.22 bits per heavy atom. The Kier molecular flexibility index (Phi) is 6.10. The Balaban J connectivity index is 1.54. The third-order valence-corrected chi connectivity index (χ3v) is 4.82. The molecule has 0 fully saturated rings. The number of carbonyl (C=O) groups is 2. The lowest BCUT2D eigenvalue weighted by atomic mass is 10.2. The number of esters is 1. The summed E-state index contributed by atoms with van der Waals surface area (Å²) in [7, 11) is 0. The molecule has 2 heterocycles. The maximum atomic E-state index is 12.2. The first-order valence-electron chi connectivity index (χ1n) is 7.96. The van der Waals surface area contributed by atoms with Gasteiger partial charge in [-0.05, 0) is 30.7 Å². The molecule has 1 N–H and O–H groups in total. The first-order valence-corrected chi connectivity index (χ1v) is 9.15. The molecule has 2 aromatic heterocycles. The Bertz CT molecular complexity index is 962. The predicted molar refractivity (Wildman–Crippen MR) is 101 cm³/mol. The van der Waals surface area contributed by atoms with Crippen LogP contribution in [0.5, 0.6) is 0 Å². The normalized spacial score (nSPS) is 10.4. The van der Waals surface area contributed by atoms with Crippen LogP contribution < -0.4 is 5.32 Å². The molecule has 1 amide bonds. The fourth-order valence-corrected chi connectivity index (χ4v) is 3.31. The first kappa shape index (κ1) is 18.9. The summed E-state index contributed by atoms with van der Waals surface area (Å²) in [6, 6.07) is 8.83. The fraction of sp³-hybridized carbons (Fsp3) is 0.167. The molecule has 9 heteroatoms. The number of nitrogens with zero attached hydrogens (tertiary/aromatic N) is 3. The van der Waals surface area contributed by atoms with E-state index in [1.807, 2.05) is 6.07 Å². The van der Waals surface area contributed by atoms with E-state index >= 15 is 0 Å². The summed E-state index contributed by atoms with van der Waals surface area (Å²) in [5.41, 5.74) is 1.36. The van der Waals surface area contributed by atoms with Gasteiger partial charge in [0, 0.05) is 24.0 Å². The van der Waals surface area contributed by atoms with Crippen molar-refractivity contribution in [1.82, 2.24) is 20.3 Å². The summed E-state index contributed by atoms with van der Waals surface area (Å²) in [5.74, 6) is -0.578. The van der Waals surface area contributed by atoms with E-state index in [9.17, 15) is 9.59 Å². The highest BCUT2D eigenvalue weighted by molar-refractivity contribution is 7.16. The number of rotatable bonds is 6. The summed E-state index contributed by atoms with van der Waals surface area (Å²) in [6.07, 6.45) is 3.20. The maximum absolute atomic E-state index is 12.2. The van der Waals surface area contributed by atoms with Crippen molar-refractivity contribution in [2.75, 3.05) is 6.61 Å². The highest BCUT2D eigenvalue weighted by Gasteiger charge is 2.19. The van der Waals surface area contributed by atoms with Gasteiger partial charge in [-0.1, -0.05) is 23.7 Å². The van der Waals surface area contributed by atoms with E-state index in [-0.39, 0.29) is 6.61 Å². The number of carbonyl (C=O) groups excluding carboxylic acids is 2. The largest absolute Gasteiger partial charge is 0.451 e. The molecular weight excluding hydrogens is 388 g/mol. The Labute approximate surface area is 164 Å². The number of halogens is 1. The van der Waals surface area contributed by atoms with Gasteiger partial charge in [0.1, 0.15) is 4.88 Å². The standard InChI is InChI=1S/C18H15ClN4O3S/c1-11-15(27-17(23-11)16-20-6-3-7-21-16)18(25)26-10-14(24)22-9-12-4-2-5-13(19)8-12/h2-8H,9-10H2,1H3,(H,22,24). The lowest BCUT2D eigenvalue weighted by Gasteiger charge is -2.06. The van der Waals surface area contributed by atoms with Crippen LogP contribution >= 0.6 is 22.9 Å². The van der Waals surface area contributed by atoms with Gasteiger partial charge in [-0.25, -0.2) is 19.7 Å². The van der Waals surface area contributed by atoms with Crippen molar-refractivity contribution >= 4 is 34.8 Å². The molecule has 0 aliphatic heterocycles. The quantitative estimate of drug-likeness (QED) is 0.637. The van der Waals surface area contributed by atoms with E-state index in [1.165, 1.54) is 0 Å². The molecular formula is C18H15ClN4O3S. The van der Waals surface area contributed by atoms with Gasteiger partial charge in [0.2, 0.25) is 0 Å². The number of aryl methyl sites for hydroxylation is 1. The second-order valence-electron chi connectivity index (χ2n) is 5.49. The molecule has 27 heavy (non-hydrogen) atoms. The third-order valence-electron chi connectivity index (χ3n) is 3.45. The van der Waals surface area contributed by atoms with E-state index < -0.39 is 11.9 Å². The summed E-state index contributed by atoms with van der Waals surface area (Å²) >= 11 is 7.02. The zero-order valence-corrected chi connectivity index (χ0v) is 15.9. The van der Waals surface area contributed by atoms with Gasteiger partial charge in [-0.3, -0.25) is 4.79 Å². The van der Waals surface area contributed by atoms with Crippen LogP contribution in [0.1, 0.15) is 20.9 Å². The van der Waals surface area contributed by atoms with Crippen LogP contribution in [-0.4, -0.2) is 33.4 Å². The second-order valence-corrected chi connectivity index (χ2v) is 6.92. The van der Waals surface area contributed by atoms with Crippen LogP contribution in [-0.2, 0) is 16.1 Å². The molecule has 0 unspecified atom stereocenters. The highest BCUT2D eigenvalue weighted by atomic mass is 35.5. The molecule has 3 rings (SSSR count). The van der Waals surface area contributed by atoms with Gasteiger partial charge in [-0.2, -0.15) is 0 Å². The molecule has 0 saturated heterocycles. The van der Waals surface area contributed by atoms with Crippen molar-refractivity contribution in [2.45, 2.75) is 13.5 Å². The minimum absolute atomic E-state index is 0.298. The summed E-state index contributed by atoms with van der Waals surface area (Å²) in [4.78, 5) is 37.0. The van der Waals surface area contributed by atoms with Gasteiger partial charge in [0.25, 0.3) is 5.91 Å². The number of benzene rings is 1. The molecule has 0 aliphatic rings. The molecule has 0 saturated carbocycles. The van der Waals surface area contributed by atoms with Crippen LogP contribution in [0.25, 0.3) is 10.8 Å². The topological polar surface area (TPSA) is 94.1 Å². The van der Waals surface area contributed by atoms with Gasteiger partial charge in [0.05, 0.1) is 5.69 Å². The van der Waals surface area contributed by atoms with Crippen LogP contribution in [0.2, 0.25) is 5.02 Å². The van der Waals surface area contributed by atoms with Crippen molar-refractivity contribution in [3.63, 3.8) is 0 Å². The zero-order valence-electron chi connectivity index (χ0n) is 14.3. The molecule has 0 radical (unpaired) electrons. The van der Waals surface area contributed by atoms with Crippen molar-refractivity contribution in [3.05, 3.63) is 63.9 Å². The lowest BCUT2D eigenvalue weighted by molar-refractivity contribution is -0.124. The average Bonchev–Trinajstić information content (AvgIpc) is 3.07. The average molecular weight is 403 g/mol. The Morgan fingerprint density at radius 2 is 2.00 bits per heavy atom. The third kappa shape index (κ3) is 5.08. The first-order chi connectivity index (χ1) is 13.0. The molecule has 0 bridgehead atoms. The molecule has 7 nitrogen and oxygen atoms in total. The fourth-order valence-electron chi connectivity index (χ4n) is 2.19. The number of thiazole rings is 1. The van der Waals surface area contributed by atoms with Crippen LogP contribution in [0.4, 0.5) is 0 Å². The van der Waals surface area contributed by atoms with Gasteiger partial charge >= 0.3 is 5.97 Å². The molecule has 3 aromatic rings. The predicted octanol–water partition coefficient (Wildman–Crippen LogP) is 3.04. The number of hydrogen-bond acceptors (Lipinski definition) is 7. The number of nitrogens with one attached hydrogen (secondary N) is 1. The van der Waals surface area contributed by atoms with E-state index in [0.717, 1.165) is 16.9 Å². The molecule has 0 atom stereocenters. The monoisotopic (exact) mass is 402 g/mol. The Morgan fingerprint density at radius 3 is 2.74 bits per heavy atom. The molecule has 138 valence electrons. The van der Waals surface area contributed by atoms with Gasteiger partial charge in [0.15, 0.2) is 17.4 Å². The van der Waals surface area contributed by atoms with E-state index in [4.69, 9.17) is 16.3 Å². The van der Waals surface area contributed by atoms with Crippen LogP contribution in [0, 0.1) is 6.92 Å². The number of ether oxygens (including phenoxy) is 1. The summed E-state index contributed by atoms with van der Waals surface area (Å²) < 4.78 is 5.08. The van der Waals surface area contributed by atoms with Crippen molar-refractivity contribution in [3.8, 4) is 10.8 Å². The SMILES string of the molecule is Cc1nc(-c2ncccn2)sc1C(=O)OCC(=O)NCc1cccc(Cl)c1. The van der Waals surface area contributed by atoms with Crippen LogP contribution in [0.15, 0.2) is 42.7 Å². The summed E-state index contributed by atoms with van der Waals surface area (Å²) in [6.45, 7) is 1.61. The van der Waals surface area contributed by atoms with Crippen molar-refractivity contribution < 1.29 is 14.3 Å². The van der Waals surface area contributed by atoms with E-state index in [1.54, 1.807) is 43.6 Å². The minimum Gasteiger partial charge on any atom is -0.451 e. The van der Waals surface area contributed by atoms with E-state index in [0.29, 0.717) is 33.0 Å². The molecule has 0 aliphatic carbocycles. The highest BCUT2D eigenvalue weighted by Crippen LogP contribution is 2.25. The van der Waals surface area contributed by atoms with Gasteiger partial charge < -0.3 is 10.1 Å². The van der Waals surface area contributed by atoms with Crippen LogP contribution in [0.3, 0.4) is 0 Å². The van der Waals surface area contributed by atoms with Crippen molar-refractivity contribution in [2.24, 2.45) is 0 Å². The van der Waals surface area contributed by atoms with Gasteiger partial charge in [-0.15, -0.1) is 11.3 Å². The number of amides is 1. The smallest absolute Gasteiger partial charge is 0.350 e. The molecule has 1 aromatic carbocycles. The summed E-state index contributed by atoms with van der Waals surface area (Å²) in [5, 5.41) is 3.78. The lowest BCUT2D eigenvalue weighted by Crippen LogP contribution is -2.28. The minimum atomic E-state index is -0.606. The van der Waals surface area contributed by atoms with E-state index in [2.05, 4.69) is 20.3 Å². The zero-order chi connectivity index (χ0) is 19.2. The maximum Gasteiger partial charge on any atom is 0.350 e. The molecule has 0 spiro atoms.